The normalized spacial score (nSPS) is 20.9. The molecule has 0 saturated carbocycles. The molecule has 0 radical (unpaired) electrons. The van der Waals surface area contributed by atoms with Gasteiger partial charge in [-0.05, 0) is 56.7 Å². The average molecular weight is 406 g/mol. The van der Waals surface area contributed by atoms with Gasteiger partial charge in [-0.25, -0.2) is 13.2 Å². The van der Waals surface area contributed by atoms with Crippen molar-refractivity contribution >= 4 is 27.5 Å². The molecule has 2 aliphatic rings. The fraction of sp³-hybridized carbons (Fsp3) is 0.500. The number of carbonyl (C=O) groups is 2. The molecule has 1 aliphatic carbocycles. The Balaban J connectivity index is 1.48. The first-order valence-corrected chi connectivity index (χ1v) is 11.6. The molecule has 1 unspecified atom stereocenters. The Kier molecular flexibility index (Phi) is 6.72. The van der Waals surface area contributed by atoms with Crippen molar-refractivity contribution < 1.29 is 18.0 Å². The molecule has 28 heavy (non-hydrogen) atoms. The third-order valence-corrected chi connectivity index (χ3v) is 6.83. The van der Waals surface area contributed by atoms with Crippen molar-refractivity contribution in [2.24, 2.45) is 0 Å². The molecule has 152 valence electrons. The fourth-order valence-corrected chi connectivity index (χ4v) is 5.24. The topological polar surface area (TPSA) is 104 Å². The van der Waals surface area contributed by atoms with Crippen LogP contribution in [0.2, 0.25) is 0 Å². The zero-order valence-corrected chi connectivity index (χ0v) is 16.7. The van der Waals surface area contributed by atoms with Crippen LogP contribution in [0.3, 0.4) is 0 Å². The van der Waals surface area contributed by atoms with Gasteiger partial charge in [-0.1, -0.05) is 17.7 Å². The number of benzene rings is 1. The highest BCUT2D eigenvalue weighted by Gasteiger charge is 2.28. The summed E-state index contributed by atoms with van der Waals surface area (Å²) in [7, 11) is -3.05. The van der Waals surface area contributed by atoms with Crippen molar-refractivity contribution in [3.05, 3.63) is 41.5 Å². The minimum Gasteiger partial charge on any atom is -0.352 e. The lowest BCUT2D eigenvalue weighted by Crippen LogP contribution is -2.38. The molecular formula is C20H27N3O4S. The first kappa shape index (κ1) is 20.4. The lowest BCUT2D eigenvalue weighted by Gasteiger charge is -2.14. The number of urea groups is 1. The molecule has 0 spiro atoms. The number of hydrogen-bond donors (Lipinski definition) is 3. The van der Waals surface area contributed by atoms with Gasteiger partial charge in [0.2, 0.25) is 0 Å². The van der Waals surface area contributed by atoms with Crippen LogP contribution in [0.4, 0.5) is 10.5 Å². The van der Waals surface area contributed by atoms with E-state index in [1.165, 1.54) is 18.4 Å². The summed E-state index contributed by atoms with van der Waals surface area (Å²) in [5, 5.41) is 8.25. The van der Waals surface area contributed by atoms with E-state index in [2.05, 4.69) is 22.0 Å². The van der Waals surface area contributed by atoms with Gasteiger partial charge in [0.15, 0.2) is 9.84 Å². The van der Waals surface area contributed by atoms with E-state index in [0.29, 0.717) is 24.2 Å². The van der Waals surface area contributed by atoms with Crippen LogP contribution >= 0.6 is 0 Å². The van der Waals surface area contributed by atoms with Crippen LogP contribution in [0.25, 0.3) is 0 Å². The summed E-state index contributed by atoms with van der Waals surface area (Å²) < 4.78 is 22.9. The number of sulfone groups is 1. The van der Waals surface area contributed by atoms with Crippen LogP contribution in [0.1, 0.15) is 48.9 Å². The van der Waals surface area contributed by atoms with Crippen molar-refractivity contribution in [2.75, 3.05) is 23.4 Å². The molecule has 3 amide bonds. The smallest absolute Gasteiger partial charge is 0.319 e. The third kappa shape index (κ3) is 6.09. The molecule has 0 bridgehead atoms. The van der Waals surface area contributed by atoms with E-state index in [4.69, 9.17) is 0 Å². The van der Waals surface area contributed by atoms with Crippen LogP contribution in [0, 0.1) is 0 Å². The monoisotopic (exact) mass is 405 g/mol. The van der Waals surface area contributed by atoms with E-state index < -0.39 is 15.9 Å². The summed E-state index contributed by atoms with van der Waals surface area (Å²) in [4.78, 5) is 24.4. The molecule has 3 rings (SSSR count). The zero-order chi connectivity index (χ0) is 20.0. The molecule has 1 aromatic carbocycles. The van der Waals surface area contributed by atoms with Crippen LogP contribution < -0.4 is 16.0 Å². The predicted octanol–water partition coefficient (Wildman–Crippen LogP) is 2.62. The summed E-state index contributed by atoms with van der Waals surface area (Å²) in [5.41, 5.74) is 2.37. The second kappa shape index (κ2) is 9.23. The Bertz CT molecular complexity index is 864. The number of hydrogen-bond acceptors (Lipinski definition) is 4. The predicted molar refractivity (Wildman–Crippen MR) is 109 cm³/mol. The number of carbonyl (C=O) groups excluding carboxylic acids is 2. The molecule has 1 fully saturated rings. The molecule has 1 heterocycles. The van der Waals surface area contributed by atoms with Crippen LogP contribution in [-0.4, -0.2) is 44.4 Å². The number of nitrogens with one attached hydrogen (secondary N) is 3. The number of anilines is 1. The highest BCUT2D eigenvalue weighted by atomic mass is 32.2. The zero-order valence-electron chi connectivity index (χ0n) is 15.9. The van der Waals surface area contributed by atoms with Crippen LogP contribution in [0.5, 0.6) is 0 Å². The van der Waals surface area contributed by atoms with E-state index in [-0.39, 0.29) is 23.5 Å². The molecule has 1 aromatic rings. The van der Waals surface area contributed by atoms with E-state index >= 15 is 0 Å². The lowest BCUT2D eigenvalue weighted by molar-refractivity contribution is 0.0954. The second-order valence-corrected chi connectivity index (χ2v) is 9.62. The molecule has 0 aromatic heterocycles. The van der Waals surface area contributed by atoms with Gasteiger partial charge in [0, 0.05) is 23.8 Å². The number of amides is 3. The Morgan fingerprint density at radius 3 is 2.75 bits per heavy atom. The Hall–Kier alpha value is -2.35. The first-order chi connectivity index (χ1) is 13.4. The Morgan fingerprint density at radius 2 is 2.04 bits per heavy atom. The largest absolute Gasteiger partial charge is 0.352 e. The molecule has 1 atom stereocenters. The SMILES string of the molecule is O=C(Nc1cccc(C(=O)NCCC2=CCCCC2)c1)NC1CCS(=O)(=O)C1. The Morgan fingerprint density at radius 1 is 1.18 bits per heavy atom. The highest BCUT2D eigenvalue weighted by Crippen LogP contribution is 2.19. The van der Waals surface area contributed by atoms with Crippen molar-refractivity contribution in [1.29, 1.82) is 0 Å². The van der Waals surface area contributed by atoms with Crippen LogP contribution in [0.15, 0.2) is 35.9 Å². The summed E-state index contributed by atoms with van der Waals surface area (Å²) in [6.07, 6.45) is 8.29. The summed E-state index contributed by atoms with van der Waals surface area (Å²) in [6.45, 7) is 0.596. The lowest BCUT2D eigenvalue weighted by atomic mass is 9.97. The van der Waals surface area contributed by atoms with Gasteiger partial charge in [-0.2, -0.15) is 0 Å². The van der Waals surface area contributed by atoms with Crippen molar-refractivity contribution in [2.45, 2.75) is 44.6 Å². The van der Waals surface area contributed by atoms with Gasteiger partial charge >= 0.3 is 6.03 Å². The number of allylic oxidation sites excluding steroid dienone is 1. The molecule has 8 heteroatoms. The summed E-state index contributed by atoms with van der Waals surface area (Å²) in [5.74, 6) is -0.105. The second-order valence-electron chi connectivity index (χ2n) is 7.39. The highest BCUT2D eigenvalue weighted by molar-refractivity contribution is 7.91. The van der Waals surface area contributed by atoms with E-state index in [1.807, 2.05) is 0 Å². The van der Waals surface area contributed by atoms with Crippen molar-refractivity contribution in [3.63, 3.8) is 0 Å². The molecule has 1 aliphatic heterocycles. The Labute approximate surface area is 165 Å². The first-order valence-electron chi connectivity index (χ1n) is 9.75. The van der Waals surface area contributed by atoms with Gasteiger partial charge < -0.3 is 16.0 Å². The van der Waals surface area contributed by atoms with E-state index in [1.54, 1.807) is 24.3 Å². The van der Waals surface area contributed by atoms with Gasteiger partial charge in [-0.3, -0.25) is 4.79 Å². The maximum Gasteiger partial charge on any atom is 0.319 e. The minimum atomic E-state index is -3.05. The average Bonchev–Trinajstić information content (AvgIpc) is 3.01. The number of rotatable bonds is 6. The van der Waals surface area contributed by atoms with Gasteiger partial charge in [0.1, 0.15) is 0 Å². The van der Waals surface area contributed by atoms with Gasteiger partial charge in [0.05, 0.1) is 11.5 Å². The quantitative estimate of drug-likeness (QED) is 0.633. The van der Waals surface area contributed by atoms with E-state index in [0.717, 1.165) is 19.3 Å². The van der Waals surface area contributed by atoms with Gasteiger partial charge in [0.25, 0.3) is 5.91 Å². The van der Waals surface area contributed by atoms with Crippen LogP contribution in [-0.2, 0) is 9.84 Å². The summed E-state index contributed by atoms with van der Waals surface area (Å²) >= 11 is 0. The molecular weight excluding hydrogens is 378 g/mol. The fourth-order valence-electron chi connectivity index (χ4n) is 3.57. The van der Waals surface area contributed by atoms with Gasteiger partial charge in [-0.15, -0.1) is 0 Å². The van der Waals surface area contributed by atoms with Crippen molar-refractivity contribution in [1.82, 2.24) is 10.6 Å². The van der Waals surface area contributed by atoms with Crippen molar-refractivity contribution in [3.8, 4) is 0 Å². The third-order valence-electron chi connectivity index (χ3n) is 5.07. The maximum atomic E-state index is 12.3. The summed E-state index contributed by atoms with van der Waals surface area (Å²) in [6, 6.07) is 5.86. The molecule has 7 nitrogen and oxygen atoms in total. The maximum absolute atomic E-state index is 12.3. The molecule has 3 N–H and O–H groups in total. The molecule has 1 saturated heterocycles. The minimum absolute atomic E-state index is 0.0285. The standard InChI is InChI=1S/C20H27N3O4S/c24-19(21-11-9-15-5-2-1-3-6-15)16-7-4-8-17(13-16)22-20(25)23-18-10-12-28(26,27)14-18/h4-5,7-8,13,18H,1-3,6,9-12,14H2,(H,21,24)(H2,22,23,25). The van der Waals surface area contributed by atoms with E-state index in [9.17, 15) is 18.0 Å².